The summed E-state index contributed by atoms with van der Waals surface area (Å²) in [5.74, 6) is 0.253. The molecule has 0 aliphatic heterocycles. The SMILES string of the molecule is CC(C)NC(=O)Nc1cccc(C(=O)Nc2ccc(OC(C)C)c(Cl)c2)c1. The highest BCUT2D eigenvalue weighted by Crippen LogP contribution is 2.28. The van der Waals surface area contributed by atoms with Crippen molar-refractivity contribution in [2.75, 3.05) is 10.6 Å². The summed E-state index contributed by atoms with van der Waals surface area (Å²) in [5.41, 5.74) is 1.49. The first kappa shape index (κ1) is 20.6. The molecule has 0 aliphatic rings. The second kappa shape index (κ2) is 9.28. The molecule has 0 aromatic heterocycles. The molecule has 0 fully saturated rings. The Morgan fingerprint density at radius 2 is 1.67 bits per heavy atom. The topological polar surface area (TPSA) is 79.5 Å². The van der Waals surface area contributed by atoms with Crippen molar-refractivity contribution in [3.63, 3.8) is 0 Å². The van der Waals surface area contributed by atoms with E-state index in [1.54, 1.807) is 42.5 Å². The largest absolute Gasteiger partial charge is 0.489 e. The molecule has 0 aliphatic carbocycles. The minimum Gasteiger partial charge on any atom is -0.489 e. The third-order valence-electron chi connectivity index (χ3n) is 3.35. The number of amides is 3. The third-order valence-corrected chi connectivity index (χ3v) is 3.65. The first-order valence-electron chi connectivity index (χ1n) is 8.69. The van der Waals surface area contributed by atoms with Crippen molar-refractivity contribution in [1.82, 2.24) is 5.32 Å². The van der Waals surface area contributed by atoms with Gasteiger partial charge in [-0.2, -0.15) is 0 Å². The van der Waals surface area contributed by atoms with Crippen LogP contribution in [-0.4, -0.2) is 24.1 Å². The van der Waals surface area contributed by atoms with Crippen LogP contribution in [0, 0.1) is 0 Å². The highest BCUT2D eigenvalue weighted by molar-refractivity contribution is 6.32. The van der Waals surface area contributed by atoms with E-state index in [-0.39, 0.29) is 24.1 Å². The van der Waals surface area contributed by atoms with Crippen LogP contribution in [0.3, 0.4) is 0 Å². The molecule has 0 spiro atoms. The zero-order valence-electron chi connectivity index (χ0n) is 15.8. The quantitative estimate of drug-likeness (QED) is 0.656. The molecule has 144 valence electrons. The van der Waals surface area contributed by atoms with E-state index in [1.165, 1.54) is 0 Å². The molecule has 27 heavy (non-hydrogen) atoms. The molecular formula is C20H24ClN3O3. The van der Waals surface area contributed by atoms with Crippen LogP contribution in [0.4, 0.5) is 16.2 Å². The summed E-state index contributed by atoms with van der Waals surface area (Å²) in [5, 5.41) is 8.63. The van der Waals surface area contributed by atoms with E-state index in [9.17, 15) is 9.59 Å². The number of carbonyl (C=O) groups excluding carboxylic acids is 2. The number of hydrogen-bond donors (Lipinski definition) is 3. The van der Waals surface area contributed by atoms with E-state index >= 15 is 0 Å². The van der Waals surface area contributed by atoms with Crippen molar-refractivity contribution < 1.29 is 14.3 Å². The number of carbonyl (C=O) groups is 2. The number of rotatable bonds is 6. The van der Waals surface area contributed by atoms with Crippen LogP contribution in [0.25, 0.3) is 0 Å². The van der Waals surface area contributed by atoms with Crippen LogP contribution >= 0.6 is 11.6 Å². The Balaban J connectivity index is 2.06. The zero-order valence-corrected chi connectivity index (χ0v) is 16.6. The summed E-state index contributed by atoms with van der Waals surface area (Å²) in [6.45, 7) is 7.56. The van der Waals surface area contributed by atoms with Crippen molar-refractivity contribution in [1.29, 1.82) is 0 Å². The van der Waals surface area contributed by atoms with Crippen molar-refractivity contribution in [3.05, 3.63) is 53.1 Å². The minimum absolute atomic E-state index is 0.00563. The fourth-order valence-corrected chi connectivity index (χ4v) is 2.52. The number of nitrogens with one attached hydrogen (secondary N) is 3. The Hall–Kier alpha value is -2.73. The molecule has 2 aromatic carbocycles. The fraction of sp³-hybridized carbons (Fsp3) is 0.300. The first-order chi connectivity index (χ1) is 12.7. The summed E-state index contributed by atoms with van der Waals surface area (Å²) in [6.07, 6.45) is 0.00563. The average molecular weight is 390 g/mol. The molecule has 0 atom stereocenters. The van der Waals surface area contributed by atoms with Crippen molar-refractivity contribution in [3.8, 4) is 5.75 Å². The maximum atomic E-state index is 12.5. The molecule has 2 rings (SSSR count). The second-order valence-electron chi connectivity index (χ2n) is 6.60. The maximum Gasteiger partial charge on any atom is 0.319 e. The van der Waals surface area contributed by atoms with Gasteiger partial charge in [0, 0.05) is 23.0 Å². The molecular weight excluding hydrogens is 366 g/mol. The van der Waals surface area contributed by atoms with Gasteiger partial charge in [-0.3, -0.25) is 4.79 Å². The summed E-state index contributed by atoms with van der Waals surface area (Å²) >= 11 is 6.20. The normalized spacial score (nSPS) is 10.6. The molecule has 2 aromatic rings. The zero-order chi connectivity index (χ0) is 20.0. The van der Waals surface area contributed by atoms with Gasteiger partial charge in [0.25, 0.3) is 5.91 Å². The lowest BCUT2D eigenvalue weighted by molar-refractivity contribution is 0.102. The summed E-state index contributed by atoms with van der Waals surface area (Å²) in [4.78, 5) is 24.3. The molecule has 7 heteroatoms. The molecule has 6 nitrogen and oxygen atoms in total. The summed E-state index contributed by atoms with van der Waals surface area (Å²) in [6, 6.07) is 11.4. The molecule has 0 heterocycles. The number of hydrogen-bond acceptors (Lipinski definition) is 3. The van der Waals surface area contributed by atoms with Gasteiger partial charge >= 0.3 is 6.03 Å². The molecule has 0 saturated heterocycles. The lowest BCUT2D eigenvalue weighted by atomic mass is 10.2. The molecule has 3 N–H and O–H groups in total. The van der Waals surface area contributed by atoms with Crippen LogP contribution < -0.4 is 20.7 Å². The first-order valence-corrected chi connectivity index (χ1v) is 9.07. The number of urea groups is 1. The van der Waals surface area contributed by atoms with Gasteiger partial charge < -0.3 is 20.7 Å². The van der Waals surface area contributed by atoms with Gasteiger partial charge in [-0.1, -0.05) is 17.7 Å². The Kier molecular flexibility index (Phi) is 7.07. The number of halogens is 1. The second-order valence-corrected chi connectivity index (χ2v) is 7.01. The van der Waals surface area contributed by atoms with Gasteiger partial charge in [0.05, 0.1) is 11.1 Å². The molecule has 0 saturated carbocycles. The van der Waals surface area contributed by atoms with Gasteiger partial charge in [0.2, 0.25) is 0 Å². The van der Waals surface area contributed by atoms with E-state index in [4.69, 9.17) is 16.3 Å². The van der Waals surface area contributed by atoms with Crippen LogP contribution in [0.15, 0.2) is 42.5 Å². The predicted octanol–water partition coefficient (Wildman–Crippen LogP) is 4.91. The lowest BCUT2D eigenvalue weighted by Crippen LogP contribution is -2.34. The van der Waals surface area contributed by atoms with Crippen molar-refractivity contribution >= 4 is 34.9 Å². The third kappa shape index (κ3) is 6.49. The maximum absolute atomic E-state index is 12.5. The molecule has 3 amide bonds. The Labute approximate surface area is 164 Å². The average Bonchev–Trinajstić information content (AvgIpc) is 2.56. The van der Waals surface area contributed by atoms with E-state index in [2.05, 4.69) is 16.0 Å². The van der Waals surface area contributed by atoms with Crippen molar-refractivity contribution in [2.45, 2.75) is 39.8 Å². The minimum atomic E-state index is -0.324. The van der Waals surface area contributed by atoms with Crippen LogP contribution in [0.2, 0.25) is 5.02 Å². The molecule has 0 radical (unpaired) electrons. The van der Waals surface area contributed by atoms with Crippen LogP contribution in [-0.2, 0) is 0 Å². The predicted molar refractivity (Wildman–Crippen MR) is 109 cm³/mol. The monoisotopic (exact) mass is 389 g/mol. The Morgan fingerprint density at radius 3 is 2.30 bits per heavy atom. The van der Waals surface area contributed by atoms with E-state index in [0.717, 1.165) is 0 Å². The Morgan fingerprint density at radius 1 is 0.963 bits per heavy atom. The highest BCUT2D eigenvalue weighted by atomic mass is 35.5. The number of anilines is 2. The lowest BCUT2D eigenvalue weighted by Gasteiger charge is -2.13. The van der Waals surface area contributed by atoms with Gasteiger partial charge in [-0.15, -0.1) is 0 Å². The number of ether oxygens (including phenoxy) is 1. The molecule has 0 bridgehead atoms. The van der Waals surface area contributed by atoms with Gasteiger partial charge in [-0.25, -0.2) is 4.79 Å². The fourth-order valence-electron chi connectivity index (χ4n) is 2.30. The van der Waals surface area contributed by atoms with Gasteiger partial charge in [-0.05, 0) is 64.1 Å². The summed E-state index contributed by atoms with van der Waals surface area (Å²) in [7, 11) is 0. The van der Waals surface area contributed by atoms with E-state index < -0.39 is 0 Å². The smallest absolute Gasteiger partial charge is 0.319 e. The van der Waals surface area contributed by atoms with Crippen LogP contribution in [0.1, 0.15) is 38.1 Å². The van der Waals surface area contributed by atoms with Crippen LogP contribution in [0.5, 0.6) is 5.75 Å². The van der Waals surface area contributed by atoms with Crippen molar-refractivity contribution in [2.24, 2.45) is 0 Å². The van der Waals surface area contributed by atoms with Gasteiger partial charge in [0.15, 0.2) is 0 Å². The standard InChI is InChI=1S/C20H24ClN3O3/c1-12(2)22-20(26)24-15-7-5-6-14(10-15)19(25)23-16-8-9-18(17(21)11-16)27-13(3)4/h5-13H,1-4H3,(H,23,25)(H2,22,24,26). The van der Waals surface area contributed by atoms with E-state index in [0.29, 0.717) is 27.7 Å². The van der Waals surface area contributed by atoms with E-state index in [1.807, 2.05) is 27.7 Å². The molecule has 0 unspecified atom stereocenters. The number of benzene rings is 2. The summed E-state index contributed by atoms with van der Waals surface area (Å²) < 4.78 is 5.58. The highest BCUT2D eigenvalue weighted by Gasteiger charge is 2.11. The Bertz CT molecular complexity index is 822. The van der Waals surface area contributed by atoms with Gasteiger partial charge in [0.1, 0.15) is 5.75 Å².